The molecule has 0 aliphatic carbocycles. The Balaban J connectivity index is 0.000000255. The highest BCUT2D eigenvalue weighted by Gasteiger charge is 2.31. The summed E-state index contributed by atoms with van der Waals surface area (Å²) in [4.78, 5) is 45.7. The summed E-state index contributed by atoms with van der Waals surface area (Å²) in [6.45, 7) is 9.60. The number of rotatable bonds is 13. The van der Waals surface area contributed by atoms with Gasteiger partial charge < -0.3 is 29.5 Å². The number of phenols is 3. The third-order valence-electron chi connectivity index (χ3n) is 9.81. The van der Waals surface area contributed by atoms with Crippen molar-refractivity contribution < 1.29 is 48.7 Å². The zero-order valence-corrected chi connectivity index (χ0v) is 41.9. The molecular formula is C54H56Cl3O10P. The maximum Gasteiger partial charge on any atom is 0.334 e. The molecule has 3 N–H and O–H groups in total. The topological polar surface area (TPSA) is 157 Å². The van der Waals surface area contributed by atoms with Gasteiger partial charge in [-0.2, -0.15) is 0 Å². The Morgan fingerprint density at radius 1 is 0.559 bits per heavy atom. The fourth-order valence-electron chi connectivity index (χ4n) is 6.52. The number of esters is 3. The van der Waals surface area contributed by atoms with Crippen LogP contribution in [-0.4, -0.2) is 64.6 Å². The second-order valence-electron chi connectivity index (χ2n) is 14.7. The first-order valence-electron chi connectivity index (χ1n) is 21.5. The first-order chi connectivity index (χ1) is 32.5. The molecule has 0 saturated heterocycles. The van der Waals surface area contributed by atoms with Crippen molar-refractivity contribution in [2.45, 2.75) is 48.0 Å². The number of aromatic hydroxyl groups is 3. The summed E-state index contributed by atoms with van der Waals surface area (Å²) in [5, 5.41) is 32.4. The molecule has 0 fully saturated rings. The number of hydrogen-bond donors (Lipinski definition) is 3. The number of ether oxygens (including phenoxy) is 3. The Morgan fingerprint density at radius 2 is 0.956 bits per heavy atom. The molecule has 1 atom stereocenters. The summed E-state index contributed by atoms with van der Waals surface area (Å²) >= 11 is 17.0. The lowest BCUT2D eigenvalue weighted by molar-refractivity contribution is -0.147. The smallest absolute Gasteiger partial charge is 0.334 e. The van der Waals surface area contributed by atoms with Gasteiger partial charge in [-0.3, -0.25) is 9.59 Å². The van der Waals surface area contributed by atoms with Crippen molar-refractivity contribution in [3.05, 3.63) is 183 Å². The predicted octanol–water partition coefficient (Wildman–Crippen LogP) is 11.4. The maximum atomic E-state index is 12.9. The summed E-state index contributed by atoms with van der Waals surface area (Å²) < 4.78 is 15.2. The minimum absolute atomic E-state index is 0.00716. The van der Waals surface area contributed by atoms with Crippen LogP contribution in [0.3, 0.4) is 0 Å². The Bertz CT molecular complexity index is 2570. The normalized spacial score (nSPS) is 11.1. The second-order valence-corrected chi connectivity index (χ2v) is 19.5. The molecule has 0 heterocycles. The number of benzene rings is 6. The third-order valence-corrected chi connectivity index (χ3v) is 15.1. The summed E-state index contributed by atoms with van der Waals surface area (Å²) in [6.07, 6.45) is 2.88. The van der Waals surface area contributed by atoms with Crippen LogP contribution >= 0.6 is 41.7 Å². The van der Waals surface area contributed by atoms with Crippen molar-refractivity contribution in [2.75, 3.05) is 19.8 Å². The average Bonchev–Trinajstić information content (AvgIpc) is 3.34. The summed E-state index contributed by atoms with van der Waals surface area (Å²) in [5.41, 5.74) is 2.60. The van der Waals surface area contributed by atoms with E-state index < -0.39 is 6.89 Å². The minimum Gasteiger partial charge on any atom is -0.506 e. The van der Waals surface area contributed by atoms with E-state index in [9.17, 15) is 29.4 Å². The first kappa shape index (κ1) is 56.0. The van der Waals surface area contributed by atoms with E-state index >= 15 is 0 Å². The monoisotopic (exact) mass is 1000 g/mol. The van der Waals surface area contributed by atoms with E-state index in [1.807, 2.05) is 68.4 Å². The first-order valence-corrected chi connectivity index (χ1v) is 24.4. The largest absolute Gasteiger partial charge is 0.506 e. The van der Waals surface area contributed by atoms with Gasteiger partial charge in [0.25, 0.3) is 0 Å². The van der Waals surface area contributed by atoms with E-state index in [2.05, 4.69) is 36.4 Å². The van der Waals surface area contributed by atoms with E-state index in [1.54, 1.807) is 58.0 Å². The Hall–Kier alpha value is -6.29. The molecule has 0 aliphatic heterocycles. The molecule has 6 aromatic rings. The molecule has 0 spiro atoms. The standard InChI is InChI=1S/C23H23O2P.C12H15ClO3.C12H13ClO3.C7H5ClO2/c1-3-25-23(24)19(2)26(20-13-7-4-8-14-20,21-15-9-5-10-16-21)22-17-11-6-12-18-22;2*1-3-16-12(15)8(2)6-9-4-5-11(14)10(13)7-9;8-6-3-5(4-9)1-2-7(6)10/h4-18H,3H2,1-2H3;4-5,7-8,14H,3,6H2,1-2H3;4-7,14H,3H2,1-2H3;1-4,10H/b;;8-6+;. The SMILES string of the molecule is CCOC(=O)/C(C)=C/c1ccc(O)c(Cl)c1.CCOC(=O)C(C)=P(c1ccccc1)(c1ccccc1)c1ccccc1.CCOC(=O)C(C)Cc1ccc(O)c(Cl)c1.O=Cc1ccc(O)c(Cl)c1. The molecule has 0 aromatic heterocycles. The highest BCUT2D eigenvalue weighted by molar-refractivity contribution is 7.96. The zero-order valence-electron chi connectivity index (χ0n) is 38.7. The molecule has 0 aliphatic rings. The molecular weight excluding hydrogens is 946 g/mol. The molecule has 0 saturated carbocycles. The molecule has 14 heteroatoms. The molecule has 6 rings (SSSR count). The quantitative estimate of drug-likeness (QED) is 0.0335. The van der Waals surface area contributed by atoms with Crippen molar-refractivity contribution >= 4 is 93.2 Å². The van der Waals surface area contributed by atoms with Crippen molar-refractivity contribution in [1.82, 2.24) is 0 Å². The zero-order chi connectivity index (χ0) is 50.2. The van der Waals surface area contributed by atoms with Crippen molar-refractivity contribution in [2.24, 2.45) is 5.92 Å². The van der Waals surface area contributed by atoms with Crippen molar-refractivity contribution in [1.29, 1.82) is 0 Å². The van der Waals surface area contributed by atoms with E-state index in [1.165, 1.54) is 30.3 Å². The van der Waals surface area contributed by atoms with Crippen LogP contribution in [0.15, 0.2) is 151 Å². The van der Waals surface area contributed by atoms with Crippen LogP contribution in [0.5, 0.6) is 17.2 Å². The lowest BCUT2D eigenvalue weighted by Crippen LogP contribution is -2.33. The molecule has 6 aromatic carbocycles. The molecule has 0 amide bonds. The summed E-state index contributed by atoms with van der Waals surface area (Å²) in [7, 11) is 0. The van der Waals surface area contributed by atoms with Gasteiger partial charge in [0, 0.05) is 16.4 Å². The average molecular weight is 1000 g/mol. The predicted molar refractivity (Wildman–Crippen MR) is 277 cm³/mol. The van der Waals surface area contributed by atoms with E-state index in [-0.39, 0.29) is 51.1 Å². The molecule has 10 nitrogen and oxygen atoms in total. The minimum atomic E-state index is -2.29. The van der Waals surface area contributed by atoms with Gasteiger partial charge in [-0.25, -0.2) is 9.59 Å². The molecule has 358 valence electrons. The number of hydrogen-bond acceptors (Lipinski definition) is 10. The van der Waals surface area contributed by atoms with Gasteiger partial charge in [0.1, 0.15) is 23.5 Å². The molecule has 0 radical (unpaired) electrons. The van der Waals surface area contributed by atoms with Crippen LogP contribution in [0.2, 0.25) is 15.1 Å². The number of carbonyl (C=O) groups excluding carboxylic acids is 4. The van der Waals surface area contributed by atoms with Crippen molar-refractivity contribution in [3.63, 3.8) is 0 Å². The summed E-state index contributed by atoms with van der Waals surface area (Å²) in [6, 6.07) is 44.9. The van der Waals surface area contributed by atoms with Crippen LogP contribution in [-0.2, 0) is 35.0 Å². The van der Waals surface area contributed by atoms with Crippen LogP contribution in [0.25, 0.3) is 6.08 Å². The number of halogens is 3. The lowest BCUT2D eigenvalue weighted by atomic mass is 10.0. The van der Waals surface area contributed by atoms with Gasteiger partial charge in [0.15, 0.2) is 0 Å². The second kappa shape index (κ2) is 28.8. The number of carbonyl (C=O) groups is 4. The fourth-order valence-corrected chi connectivity index (χ4v) is 11.4. The van der Waals surface area contributed by atoms with Crippen molar-refractivity contribution in [3.8, 4) is 17.2 Å². The number of phenolic OH excluding ortho intramolecular Hbond substituents is 3. The van der Waals surface area contributed by atoms with E-state index in [0.29, 0.717) is 48.7 Å². The van der Waals surface area contributed by atoms with Gasteiger partial charge in [-0.05, 0) is 124 Å². The highest BCUT2D eigenvalue weighted by Crippen LogP contribution is 2.46. The summed E-state index contributed by atoms with van der Waals surface area (Å²) in [5.74, 6) is -0.939. The Kier molecular flexibility index (Phi) is 23.7. The van der Waals surface area contributed by atoms with Gasteiger partial charge in [-0.15, -0.1) is 0 Å². The highest BCUT2D eigenvalue weighted by atomic mass is 35.5. The van der Waals surface area contributed by atoms with E-state index in [4.69, 9.17) is 54.1 Å². The van der Waals surface area contributed by atoms with E-state index in [0.717, 1.165) is 32.3 Å². The van der Waals surface area contributed by atoms with Crippen LogP contribution in [0.4, 0.5) is 0 Å². The van der Waals surface area contributed by atoms with Gasteiger partial charge in [0.05, 0.1) is 40.8 Å². The third kappa shape index (κ3) is 16.5. The maximum absolute atomic E-state index is 12.9. The molecule has 1 unspecified atom stereocenters. The van der Waals surface area contributed by atoms with Gasteiger partial charge in [-0.1, -0.05) is 145 Å². The molecule has 0 bridgehead atoms. The van der Waals surface area contributed by atoms with Gasteiger partial charge >= 0.3 is 17.9 Å². The van der Waals surface area contributed by atoms with Crippen LogP contribution in [0.1, 0.15) is 63.0 Å². The van der Waals surface area contributed by atoms with Gasteiger partial charge in [0.2, 0.25) is 0 Å². The van der Waals surface area contributed by atoms with Crippen LogP contribution in [0, 0.1) is 5.92 Å². The molecule has 68 heavy (non-hydrogen) atoms. The Morgan fingerprint density at radius 3 is 1.37 bits per heavy atom. The lowest BCUT2D eigenvalue weighted by Gasteiger charge is -2.31. The number of aldehydes is 1. The van der Waals surface area contributed by atoms with Crippen LogP contribution < -0.4 is 15.9 Å². The Labute approximate surface area is 413 Å². The fraction of sp³-hybridized carbons (Fsp3) is 0.204.